The summed E-state index contributed by atoms with van der Waals surface area (Å²) in [4.78, 5) is 32.7. The van der Waals surface area contributed by atoms with Crippen molar-refractivity contribution in [2.75, 3.05) is 0 Å². The minimum atomic E-state index is -1.83. The van der Waals surface area contributed by atoms with Crippen molar-refractivity contribution in [3.63, 3.8) is 0 Å². The quantitative estimate of drug-likeness (QED) is 0.370. The molecule has 2 heterocycles. The SMILES string of the molecule is CC(C)(C)OC(=O)N[C@@H]1C=C[C@H](n2cnc3c(Cl)nc(Cl)nc32)C1.O=C(O)O. The molecular weight excluding hydrogens is 413 g/mol. The monoisotopic (exact) mass is 431 g/mol. The molecular formula is C16H19Cl2N5O5. The maximum absolute atomic E-state index is 11.9. The molecule has 0 radical (unpaired) electrons. The first kappa shape index (κ1) is 21.7. The molecule has 3 N–H and O–H groups in total. The van der Waals surface area contributed by atoms with Crippen molar-refractivity contribution in [2.45, 2.75) is 44.9 Å². The molecule has 0 unspecified atom stereocenters. The average molecular weight is 432 g/mol. The summed E-state index contributed by atoms with van der Waals surface area (Å²) in [5.41, 5.74) is 0.530. The lowest BCUT2D eigenvalue weighted by Gasteiger charge is -2.21. The van der Waals surface area contributed by atoms with Crippen LogP contribution in [-0.4, -0.2) is 53.6 Å². The van der Waals surface area contributed by atoms with E-state index in [-0.39, 0.29) is 22.5 Å². The van der Waals surface area contributed by atoms with Gasteiger partial charge in [-0.2, -0.15) is 4.98 Å². The molecule has 3 rings (SSSR count). The van der Waals surface area contributed by atoms with Gasteiger partial charge in [0.15, 0.2) is 10.8 Å². The smallest absolute Gasteiger partial charge is 0.450 e. The molecule has 2 aromatic heterocycles. The van der Waals surface area contributed by atoms with Gasteiger partial charge >= 0.3 is 12.2 Å². The number of carbonyl (C=O) groups is 2. The number of nitrogens with one attached hydrogen (secondary N) is 1. The number of amides is 1. The zero-order valence-corrected chi connectivity index (χ0v) is 16.8. The predicted octanol–water partition coefficient (Wildman–Crippen LogP) is 3.75. The van der Waals surface area contributed by atoms with Crippen LogP contribution in [0.5, 0.6) is 0 Å². The number of fused-ring (bicyclic) bond motifs is 1. The van der Waals surface area contributed by atoms with E-state index in [0.717, 1.165) is 0 Å². The third kappa shape index (κ3) is 5.96. The summed E-state index contributed by atoms with van der Waals surface area (Å²) in [6, 6.07) is -0.146. The second-order valence-corrected chi connectivity index (χ2v) is 7.53. The van der Waals surface area contributed by atoms with Gasteiger partial charge in [0.25, 0.3) is 0 Å². The summed E-state index contributed by atoms with van der Waals surface area (Å²) in [6.45, 7) is 5.47. The number of allylic oxidation sites excluding steroid dienone is 1. The molecule has 28 heavy (non-hydrogen) atoms. The van der Waals surface area contributed by atoms with Crippen LogP contribution < -0.4 is 5.32 Å². The number of carboxylic acid groups (broad SMARTS) is 2. The first-order valence-electron chi connectivity index (χ1n) is 8.11. The van der Waals surface area contributed by atoms with Gasteiger partial charge in [-0.25, -0.2) is 19.6 Å². The highest BCUT2D eigenvalue weighted by atomic mass is 35.5. The Bertz CT molecular complexity index is 905. The van der Waals surface area contributed by atoms with Crippen LogP contribution in [0.25, 0.3) is 11.2 Å². The predicted molar refractivity (Wildman–Crippen MR) is 102 cm³/mol. The van der Waals surface area contributed by atoms with Gasteiger partial charge in [0.05, 0.1) is 18.4 Å². The van der Waals surface area contributed by atoms with E-state index in [1.54, 1.807) is 6.33 Å². The number of alkyl carbamates (subject to hydrolysis) is 1. The van der Waals surface area contributed by atoms with Crippen molar-refractivity contribution in [1.82, 2.24) is 24.8 Å². The maximum Gasteiger partial charge on any atom is 0.503 e. The van der Waals surface area contributed by atoms with Crippen LogP contribution in [-0.2, 0) is 4.74 Å². The third-order valence-corrected chi connectivity index (χ3v) is 3.90. The number of ether oxygens (including phenoxy) is 1. The topological polar surface area (TPSA) is 139 Å². The standard InChI is InChI=1S/C15H17Cl2N5O2.CH2O3/c1-15(2,3)24-14(23)19-8-4-5-9(6-8)22-7-18-10-11(16)20-13(17)21-12(10)22;2-1(3)4/h4-5,7-9H,6H2,1-3H3,(H,19,23);(H2,2,3,4)/t8-,9+;/m1./s1. The van der Waals surface area contributed by atoms with Gasteiger partial charge in [-0.05, 0) is 38.8 Å². The summed E-state index contributed by atoms with van der Waals surface area (Å²) in [5, 5.41) is 17.1. The first-order chi connectivity index (χ1) is 13.0. The highest BCUT2D eigenvalue weighted by molar-refractivity contribution is 6.35. The van der Waals surface area contributed by atoms with Crippen molar-refractivity contribution in [1.29, 1.82) is 0 Å². The molecule has 0 fully saturated rings. The van der Waals surface area contributed by atoms with E-state index >= 15 is 0 Å². The lowest BCUT2D eigenvalue weighted by Crippen LogP contribution is -2.37. The average Bonchev–Trinajstić information content (AvgIpc) is 3.11. The van der Waals surface area contributed by atoms with E-state index in [9.17, 15) is 4.79 Å². The molecule has 0 saturated carbocycles. The summed E-state index contributed by atoms with van der Waals surface area (Å²) >= 11 is 11.9. The molecule has 152 valence electrons. The third-order valence-electron chi connectivity index (χ3n) is 3.47. The maximum atomic E-state index is 11.9. The Balaban J connectivity index is 0.000000640. The van der Waals surface area contributed by atoms with Gasteiger partial charge < -0.3 is 24.8 Å². The van der Waals surface area contributed by atoms with Crippen molar-refractivity contribution in [3.05, 3.63) is 28.9 Å². The van der Waals surface area contributed by atoms with Crippen LogP contribution in [0.2, 0.25) is 10.4 Å². The Labute approximate surface area is 170 Å². The lowest BCUT2D eigenvalue weighted by atomic mass is 10.2. The van der Waals surface area contributed by atoms with Crippen LogP contribution >= 0.6 is 23.2 Å². The molecule has 12 heteroatoms. The largest absolute Gasteiger partial charge is 0.503 e. The number of hydrogen-bond donors (Lipinski definition) is 3. The summed E-state index contributed by atoms with van der Waals surface area (Å²) < 4.78 is 7.13. The van der Waals surface area contributed by atoms with Gasteiger partial charge in [-0.1, -0.05) is 23.8 Å². The molecule has 1 aliphatic carbocycles. The van der Waals surface area contributed by atoms with Crippen LogP contribution in [0.15, 0.2) is 18.5 Å². The van der Waals surface area contributed by atoms with E-state index in [2.05, 4.69) is 20.3 Å². The fourth-order valence-corrected chi connectivity index (χ4v) is 2.97. The Morgan fingerprint density at radius 2 is 1.89 bits per heavy atom. The van der Waals surface area contributed by atoms with Gasteiger partial charge in [0.1, 0.15) is 11.1 Å². The molecule has 2 aromatic rings. The number of halogens is 2. The normalized spacial score (nSPS) is 18.5. The second kappa shape index (κ2) is 8.61. The van der Waals surface area contributed by atoms with Crippen LogP contribution in [0.1, 0.15) is 33.2 Å². The molecule has 2 atom stereocenters. The summed E-state index contributed by atoms with van der Waals surface area (Å²) in [5.74, 6) is 0. The Kier molecular flexibility index (Phi) is 6.68. The fourth-order valence-electron chi connectivity index (χ4n) is 2.55. The van der Waals surface area contributed by atoms with E-state index in [4.69, 9.17) is 42.9 Å². The number of imidazole rings is 1. The molecule has 10 nitrogen and oxygen atoms in total. The minimum Gasteiger partial charge on any atom is -0.450 e. The zero-order chi connectivity index (χ0) is 21.1. The minimum absolute atomic E-state index is 0.0167. The number of hydrogen-bond acceptors (Lipinski definition) is 6. The molecule has 1 aliphatic rings. The molecule has 0 bridgehead atoms. The van der Waals surface area contributed by atoms with Gasteiger partial charge in [-0.3, -0.25) is 0 Å². The Morgan fingerprint density at radius 1 is 1.25 bits per heavy atom. The van der Waals surface area contributed by atoms with Crippen LogP contribution in [0.3, 0.4) is 0 Å². The molecule has 0 aromatic carbocycles. The highest BCUT2D eigenvalue weighted by Gasteiger charge is 2.26. The summed E-state index contributed by atoms with van der Waals surface area (Å²) in [7, 11) is 0. The number of nitrogens with zero attached hydrogens (tertiary/aromatic N) is 4. The van der Waals surface area contributed by atoms with Crippen molar-refractivity contribution in [2.24, 2.45) is 0 Å². The van der Waals surface area contributed by atoms with E-state index in [1.807, 2.05) is 37.5 Å². The lowest BCUT2D eigenvalue weighted by molar-refractivity contribution is 0.0513. The molecule has 0 spiro atoms. The number of carbonyl (C=O) groups excluding carboxylic acids is 1. The summed E-state index contributed by atoms with van der Waals surface area (Å²) in [6.07, 6.45) is 3.93. The highest BCUT2D eigenvalue weighted by Crippen LogP contribution is 2.29. The van der Waals surface area contributed by atoms with Crippen LogP contribution in [0.4, 0.5) is 9.59 Å². The zero-order valence-electron chi connectivity index (χ0n) is 15.3. The van der Waals surface area contributed by atoms with Crippen molar-refractivity contribution in [3.8, 4) is 0 Å². The first-order valence-corrected chi connectivity index (χ1v) is 8.87. The van der Waals surface area contributed by atoms with Gasteiger partial charge in [-0.15, -0.1) is 0 Å². The van der Waals surface area contributed by atoms with E-state index < -0.39 is 17.8 Å². The number of rotatable bonds is 2. The second-order valence-electron chi connectivity index (χ2n) is 6.83. The molecule has 1 amide bonds. The van der Waals surface area contributed by atoms with Gasteiger partial charge in [0, 0.05) is 0 Å². The van der Waals surface area contributed by atoms with E-state index in [1.165, 1.54) is 0 Å². The van der Waals surface area contributed by atoms with Crippen molar-refractivity contribution >= 4 is 46.6 Å². The fraction of sp³-hybridized carbons (Fsp3) is 0.438. The Morgan fingerprint density at radius 3 is 2.50 bits per heavy atom. The number of aromatic nitrogens is 4. The molecule has 0 aliphatic heterocycles. The van der Waals surface area contributed by atoms with Gasteiger partial charge in [0.2, 0.25) is 5.28 Å². The van der Waals surface area contributed by atoms with Crippen LogP contribution in [0, 0.1) is 0 Å². The molecule has 0 saturated heterocycles. The Hall–Kier alpha value is -2.59. The van der Waals surface area contributed by atoms with E-state index in [0.29, 0.717) is 17.6 Å². The van der Waals surface area contributed by atoms with Crippen molar-refractivity contribution < 1.29 is 24.5 Å².